The van der Waals surface area contributed by atoms with E-state index >= 15 is 0 Å². The quantitative estimate of drug-likeness (QED) is 0.257. The van der Waals surface area contributed by atoms with Gasteiger partial charge in [-0.1, -0.05) is 24.3 Å². The number of ether oxygens (including phenoxy) is 1. The molecule has 204 valence electrons. The summed E-state index contributed by atoms with van der Waals surface area (Å²) in [6, 6.07) is 19.4. The number of nitrogens with one attached hydrogen (secondary N) is 2. The Morgan fingerprint density at radius 3 is 2.20 bits per heavy atom. The summed E-state index contributed by atoms with van der Waals surface area (Å²) in [7, 11) is 1.13. The third-order valence-corrected chi connectivity index (χ3v) is 6.34. The lowest BCUT2D eigenvalue weighted by atomic mass is 9.98. The second kappa shape index (κ2) is 11.7. The van der Waals surface area contributed by atoms with Crippen LogP contribution in [0.3, 0.4) is 0 Å². The van der Waals surface area contributed by atoms with E-state index in [4.69, 9.17) is 0 Å². The molecule has 2 N–H and O–H groups in total. The molecule has 0 atom stereocenters. The molecule has 0 radical (unpaired) electrons. The van der Waals surface area contributed by atoms with Crippen LogP contribution in [-0.4, -0.2) is 34.9 Å². The van der Waals surface area contributed by atoms with E-state index in [0.717, 1.165) is 19.2 Å². The summed E-state index contributed by atoms with van der Waals surface area (Å²) in [6.07, 6.45) is 3.15. The van der Waals surface area contributed by atoms with Crippen LogP contribution in [0.1, 0.15) is 36.6 Å². The van der Waals surface area contributed by atoms with Gasteiger partial charge in [0.15, 0.2) is 0 Å². The van der Waals surface area contributed by atoms with Crippen molar-refractivity contribution in [2.45, 2.75) is 6.54 Å². The number of esters is 1. The van der Waals surface area contributed by atoms with E-state index in [0.29, 0.717) is 22.3 Å². The minimum absolute atomic E-state index is 0.120. The largest absolute Gasteiger partial charge is 0.465 e. The second-order valence-corrected chi connectivity index (χ2v) is 8.93. The lowest BCUT2D eigenvalue weighted by Gasteiger charge is -2.12. The SMILES string of the molecule is COC(=O)c1c(F)cccc1-c1ccc(CNC(=O)c2ccc(C(=O)Nc3ccc4nccnc4c3)cc2)c(F)c1. The first-order valence-corrected chi connectivity index (χ1v) is 12.4. The molecule has 0 saturated heterocycles. The van der Waals surface area contributed by atoms with Gasteiger partial charge in [-0.25, -0.2) is 13.6 Å². The molecule has 0 fully saturated rings. The average Bonchev–Trinajstić information content (AvgIpc) is 2.99. The maximum absolute atomic E-state index is 14.9. The fourth-order valence-electron chi connectivity index (χ4n) is 4.23. The molecule has 2 amide bonds. The Balaban J connectivity index is 1.23. The number of anilines is 1. The van der Waals surface area contributed by atoms with E-state index in [1.807, 2.05) is 0 Å². The Labute approximate surface area is 233 Å². The Hall–Kier alpha value is -5.51. The van der Waals surface area contributed by atoms with Crippen molar-refractivity contribution in [1.82, 2.24) is 15.3 Å². The lowest BCUT2D eigenvalue weighted by Crippen LogP contribution is -2.23. The molecule has 8 nitrogen and oxygen atoms in total. The van der Waals surface area contributed by atoms with Crippen LogP contribution < -0.4 is 10.6 Å². The molecular weight excluding hydrogens is 530 g/mol. The lowest BCUT2D eigenvalue weighted by molar-refractivity contribution is 0.0596. The standard InChI is InChI=1S/C31H22F2N4O4/c1-41-31(40)28-23(3-2-4-24(28)32)20-9-10-21(25(33)15-20)17-36-29(38)18-5-7-19(8-6-18)30(39)37-22-11-12-26-27(16-22)35-14-13-34-26/h2-16H,17H2,1H3,(H,36,38)(H,37,39). The van der Waals surface area contributed by atoms with Gasteiger partial charge in [0.25, 0.3) is 11.8 Å². The monoisotopic (exact) mass is 552 g/mol. The number of halogens is 2. The third kappa shape index (κ3) is 5.91. The van der Waals surface area contributed by atoms with Gasteiger partial charge in [0.05, 0.1) is 18.1 Å². The van der Waals surface area contributed by atoms with Crippen molar-refractivity contribution in [3.05, 3.63) is 125 Å². The summed E-state index contributed by atoms with van der Waals surface area (Å²) in [6.45, 7) is -0.120. The van der Waals surface area contributed by atoms with Gasteiger partial charge in [-0.05, 0) is 65.7 Å². The Morgan fingerprint density at radius 1 is 0.780 bits per heavy atom. The smallest absolute Gasteiger partial charge is 0.341 e. The summed E-state index contributed by atoms with van der Waals surface area (Å²) in [5.74, 6) is -3.13. The van der Waals surface area contributed by atoms with Crippen molar-refractivity contribution in [3.63, 3.8) is 0 Å². The van der Waals surface area contributed by atoms with Crippen LogP contribution in [0.15, 0.2) is 91.3 Å². The van der Waals surface area contributed by atoms with Crippen LogP contribution in [0.2, 0.25) is 0 Å². The normalized spacial score (nSPS) is 10.7. The topological polar surface area (TPSA) is 110 Å². The molecule has 0 bridgehead atoms. The van der Waals surface area contributed by atoms with Gasteiger partial charge in [0, 0.05) is 41.3 Å². The summed E-state index contributed by atoms with van der Waals surface area (Å²) in [5.41, 5.74) is 2.88. The summed E-state index contributed by atoms with van der Waals surface area (Å²) in [5, 5.41) is 5.43. The molecule has 1 heterocycles. The van der Waals surface area contributed by atoms with Crippen molar-refractivity contribution in [2.75, 3.05) is 12.4 Å². The highest BCUT2D eigenvalue weighted by molar-refractivity contribution is 6.05. The van der Waals surface area contributed by atoms with E-state index in [-0.39, 0.29) is 40.3 Å². The third-order valence-electron chi connectivity index (χ3n) is 6.34. The van der Waals surface area contributed by atoms with E-state index in [9.17, 15) is 23.2 Å². The van der Waals surface area contributed by atoms with E-state index in [1.54, 1.807) is 30.6 Å². The van der Waals surface area contributed by atoms with Gasteiger partial charge < -0.3 is 15.4 Å². The van der Waals surface area contributed by atoms with Crippen LogP contribution in [-0.2, 0) is 11.3 Å². The van der Waals surface area contributed by atoms with Crippen molar-refractivity contribution >= 4 is 34.5 Å². The van der Waals surface area contributed by atoms with Crippen LogP contribution >= 0.6 is 0 Å². The fraction of sp³-hybridized carbons (Fsp3) is 0.0645. The molecule has 4 aromatic carbocycles. The fourth-order valence-corrected chi connectivity index (χ4v) is 4.23. The highest BCUT2D eigenvalue weighted by Gasteiger charge is 2.19. The van der Waals surface area contributed by atoms with Gasteiger partial charge in [-0.15, -0.1) is 0 Å². The Kier molecular flexibility index (Phi) is 7.73. The number of nitrogens with zero attached hydrogens (tertiary/aromatic N) is 2. The van der Waals surface area contributed by atoms with Gasteiger partial charge in [0.2, 0.25) is 0 Å². The van der Waals surface area contributed by atoms with Crippen molar-refractivity contribution < 1.29 is 27.9 Å². The summed E-state index contributed by atoms with van der Waals surface area (Å²) in [4.78, 5) is 45.8. The minimum atomic E-state index is -0.873. The highest BCUT2D eigenvalue weighted by Crippen LogP contribution is 2.28. The van der Waals surface area contributed by atoms with Gasteiger partial charge in [-0.2, -0.15) is 0 Å². The number of benzene rings is 4. The van der Waals surface area contributed by atoms with E-state index in [2.05, 4.69) is 25.3 Å². The molecule has 0 spiro atoms. The molecule has 0 aliphatic heterocycles. The number of fused-ring (bicyclic) bond motifs is 1. The first-order chi connectivity index (χ1) is 19.8. The number of carbonyl (C=O) groups excluding carboxylic acids is 3. The molecule has 1 aromatic heterocycles. The van der Waals surface area contributed by atoms with Crippen LogP contribution in [0.4, 0.5) is 14.5 Å². The number of rotatable bonds is 7. The molecule has 5 rings (SSSR count). The minimum Gasteiger partial charge on any atom is -0.465 e. The molecule has 5 aromatic rings. The Morgan fingerprint density at radius 2 is 1.49 bits per heavy atom. The number of hydrogen-bond donors (Lipinski definition) is 2. The predicted octanol–water partition coefficient (Wildman–Crippen LogP) is 5.54. The van der Waals surface area contributed by atoms with Crippen molar-refractivity contribution in [1.29, 1.82) is 0 Å². The molecule has 0 saturated carbocycles. The van der Waals surface area contributed by atoms with E-state index in [1.165, 1.54) is 48.5 Å². The van der Waals surface area contributed by atoms with Gasteiger partial charge in [0.1, 0.15) is 17.2 Å². The summed E-state index contributed by atoms with van der Waals surface area (Å²) >= 11 is 0. The molecule has 10 heteroatoms. The number of methoxy groups -OCH3 is 1. The maximum Gasteiger partial charge on any atom is 0.341 e. The molecule has 41 heavy (non-hydrogen) atoms. The zero-order valence-corrected chi connectivity index (χ0v) is 21.7. The predicted molar refractivity (Wildman–Crippen MR) is 148 cm³/mol. The maximum atomic E-state index is 14.9. The summed E-state index contributed by atoms with van der Waals surface area (Å²) < 4.78 is 33.8. The highest BCUT2D eigenvalue weighted by atomic mass is 19.1. The van der Waals surface area contributed by atoms with Crippen molar-refractivity contribution in [3.8, 4) is 11.1 Å². The number of hydrogen-bond acceptors (Lipinski definition) is 6. The molecule has 0 aliphatic rings. The first-order valence-electron chi connectivity index (χ1n) is 12.4. The van der Waals surface area contributed by atoms with Crippen LogP contribution in [0.25, 0.3) is 22.2 Å². The van der Waals surface area contributed by atoms with Gasteiger partial charge >= 0.3 is 5.97 Å². The van der Waals surface area contributed by atoms with E-state index < -0.39 is 23.5 Å². The molecule has 0 unspecified atom stereocenters. The van der Waals surface area contributed by atoms with Crippen LogP contribution in [0, 0.1) is 11.6 Å². The average molecular weight is 553 g/mol. The van der Waals surface area contributed by atoms with Crippen LogP contribution in [0.5, 0.6) is 0 Å². The second-order valence-electron chi connectivity index (χ2n) is 8.93. The zero-order chi connectivity index (χ0) is 28.9. The molecular formula is C31H22F2N4O4. The number of carbonyl (C=O) groups is 3. The number of aromatic nitrogens is 2. The first kappa shape index (κ1) is 27.1. The Bertz CT molecular complexity index is 1790. The zero-order valence-electron chi connectivity index (χ0n) is 21.7. The number of amides is 2. The molecule has 0 aliphatic carbocycles. The van der Waals surface area contributed by atoms with Crippen molar-refractivity contribution in [2.24, 2.45) is 0 Å². The van der Waals surface area contributed by atoms with Gasteiger partial charge in [-0.3, -0.25) is 19.6 Å².